The molecule has 0 bridgehead atoms. The monoisotopic (exact) mass is 324 g/mol. The maximum absolute atomic E-state index is 6.13. The van der Waals surface area contributed by atoms with Gasteiger partial charge in [-0.3, -0.25) is 0 Å². The van der Waals surface area contributed by atoms with Gasteiger partial charge in [-0.25, -0.2) is 9.97 Å². The molecule has 0 aliphatic carbocycles. The summed E-state index contributed by atoms with van der Waals surface area (Å²) in [6.45, 7) is 4.04. The van der Waals surface area contributed by atoms with E-state index in [-0.39, 0.29) is 0 Å². The Morgan fingerprint density at radius 3 is 2.72 bits per heavy atom. The average Bonchev–Trinajstić information content (AvgIpc) is 2.33. The van der Waals surface area contributed by atoms with Crippen molar-refractivity contribution in [1.82, 2.24) is 9.97 Å². The van der Waals surface area contributed by atoms with Crippen LogP contribution in [-0.2, 0) is 12.8 Å². The molecule has 0 spiro atoms. The van der Waals surface area contributed by atoms with E-state index in [1.165, 1.54) is 5.56 Å². The van der Waals surface area contributed by atoms with Gasteiger partial charge in [0, 0.05) is 22.2 Å². The summed E-state index contributed by atoms with van der Waals surface area (Å²) < 4.78 is 1.06. The van der Waals surface area contributed by atoms with E-state index in [4.69, 9.17) is 11.6 Å². The molecule has 2 aromatic rings. The van der Waals surface area contributed by atoms with Crippen LogP contribution in [-0.4, -0.2) is 9.97 Å². The Balaban J connectivity index is 2.32. The highest BCUT2D eigenvalue weighted by atomic mass is 79.9. The van der Waals surface area contributed by atoms with Gasteiger partial charge in [0.2, 0.25) is 0 Å². The number of rotatable bonds is 3. The van der Waals surface area contributed by atoms with Gasteiger partial charge in [-0.15, -0.1) is 0 Å². The molecule has 1 aromatic heterocycles. The van der Waals surface area contributed by atoms with Crippen molar-refractivity contribution in [3.8, 4) is 0 Å². The Kier molecular flexibility index (Phi) is 4.36. The van der Waals surface area contributed by atoms with Crippen molar-refractivity contribution in [3.63, 3.8) is 0 Å². The van der Waals surface area contributed by atoms with Crippen LogP contribution in [0, 0.1) is 6.92 Å². The molecule has 0 N–H and O–H groups in total. The molecule has 0 amide bonds. The van der Waals surface area contributed by atoms with Crippen molar-refractivity contribution < 1.29 is 0 Å². The predicted octanol–water partition coefficient (Wildman–Crippen LogP) is 4.35. The van der Waals surface area contributed by atoms with Crippen LogP contribution in [0.5, 0.6) is 0 Å². The molecule has 0 unspecified atom stereocenters. The quantitative estimate of drug-likeness (QED) is 0.784. The van der Waals surface area contributed by atoms with Gasteiger partial charge in [0.1, 0.15) is 11.0 Å². The molecule has 94 valence electrons. The highest BCUT2D eigenvalue weighted by molar-refractivity contribution is 9.10. The minimum atomic E-state index is 0.562. The molecule has 18 heavy (non-hydrogen) atoms. The molecule has 0 aliphatic heterocycles. The van der Waals surface area contributed by atoms with Gasteiger partial charge in [-0.05, 0) is 31.0 Å². The van der Waals surface area contributed by atoms with Crippen molar-refractivity contribution in [3.05, 3.63) is 56.5 Å². The van der Waals surface area contributed by atoms with Gasteiger partial charge in [0.15, 0.2) is 0 Å². The first-order chi connectivity index (χ1) is 8.60. The van der Waals surface area contributed by atoms with Crippen molar-refractivity contribution in [2.45, 2.75) is 26.7 Å². The minimum absolute atomic E-state index is 0.562. The standard InChI is InChI=1S/C14H14BrClN2/c1-3-12-9(2)14(16)18-13(17-12)8-10-5-4-6-11(15)7-10/h4-7H,3,8H2,1-2H3. The smallest absolute Gasteiger partial charge is 0.135 e. The first-order valence-electron chi connectivity index (χ1n) is 5.86. The summed E-state index contributed by atoms with van der Waals surface area (Å²) in [6.07, 6.45) is 1.58. The maximum atomic E-state index is 6.13. The molecular weight excluding hydrogens is 312 g/mol. The third-order valence-corrected chi connectivity index (χ3v) is 3.68. The number of hydrogen-bond acceptors (Lipinski definition) is 2. The summed E-state index contributed by atoms with van der Waals surface area (Å²) in [4.78, 5) is 8.91. The molecule has 0 aliphatic rings. The van der Waals surface area contributed by atoms with E-state index in [9.17, 15) is 0 Å². The van der Waals surface area contributed by atoms with Crippen LogP contribution >= 0.6 is 27.5 Å². The summed E-state index contributed by atoms with van der Waals surface area (Å²) in [7, 11) is 0. The normalized spacial score (nSPS) is 10.7. The van der Waals surface area contributed by atoms with Crippen LogP contribution in [0.2, 0.25) is 5.15 Å². The fraction of sp³-hybridized carbons (Fsp3) is 0.286. The molecule has 2 rings (SSSR count). The zero-order chi connectivity index (χ0) is 13.1. The SMILES string of the molecule is CCc1nc(Cc2cccc(Br)c2)nc(Cl)c1C. The van der Waals surface area contributed by atoms with Crippen LogP contribution < -0.4 is 0 Å². The summed E-state index contributed by atoms with van der Waals surface area (Å²) in [5.74, 6) is 0.778. The van der Waals surface area contributed by atoms with E-state index in [2.05, 4.69) is 45.0 Å². The lowest BCUT2D eigenvalue weighted by Gasteiger charge is -2.08. The van der Waals surface area contributed by atoms with Crippen LogP contribution in [0.15, 0.2) is 28.7 Å². The number of benzene rings is 1. The topological polar surface area (TPSA) is 25.8 Å². The second-order valence-corrected chi connectivity index (χ2v) is 5.44. The fourth-order valence-corrected chi connectivity index (χ4v) is 2.49. The largest absolute Gasteiger partial charge is 0.237 e. The maximum Gasteiger partial charge on any atom is 0.135 e. The molecule has 0 saturated heterocycles. The Bertz CT molecular complexity index is 570. The third-order valence-electron chi connectivity index (χ3n) is 2.82. The van der Waals surface area contributed by atoms with Gasteiger partial charge < -0.3 is 0 Å². The average molecular weight is 326 g/mol. The molecule has 2 nitrogen and oxygen atoms in total. The molecular formula is C14H14BrClN2. The number of halogens is 2. The van der Waals surface area contributed by atoms with Crippen LogP contribution in [0.4, 0.5) is 0 Å². The predicted molar refractivity (Wildman–Crippen MR) is 78.1 cm³/mol. The molecule has 0 atom stereocenters. The molecule has 1 aromatic carbocycles. The Labute approximate surface area is 121 Å². The summed E-state index contributed by atoms with van der Waals surface area (Å²) in [6, 6.07) is 8.15. The highest BCUT2D eigenvalue weighted by Crippen LogP contribution is 2.19. The van der Waals surface area contributed by atoms with Crippen LogP contribution in [0.25, 0.3) is 0 Å². The van der Waals surface area contributed by atoms with E-state index in [0.717, 1.165) is 28.0 Å². The van der Waals surface area contributed by atoms with E-state index in [0.29, 0.717) is 11.6 Å². The van der Waals surface area contributed by atoms with E-state index in [1.807, 2.05) is 19.1 Å². The van der Waals surface area contributed by atoms with E-state index >= 15 is 0 Å². The van der Waals surface area contributed by atoms with Crippen molar-refractivity contribution in [2.75, 3.05) is 0 Å². The minimum Gasteiger partial charge on any atom is -0.237 e. The zero-order valence-electron chi connectivity index (χ0n) is 10.4. The van der Waals surface area contributed by atoms with Gasteiger partial charge >= 0.3 is 0 Å². The second kappa shape index (κ2) is 5.81. The number of nitrogens with zero attached hydrogens (tertiary/aromatic N) is 2. The van der Waals surface area contributed by atoms with E-state index in [1.54, 1.807) is 0 Å². The molecule has 1 heterocycles. The van der Waals surface area contributed by atoms with Crippen molar-refractivity contribution >= 4 is 27.5 Å². The lowest BCUT2D eigenvalue weighted by Crippen LogP contribution is -2.03. The lowest BCUT2D eigenvalue weighted by molar-refractivity contribution is 0.888. The van der Waals surface area contributed by atoms with Gasteiger partial charge in [-0.2, -0.15) is 0 Å². The zero-order valence-corrected chi connectivity index (χ0v) is 12.7. The molecule has 0 saturated carbocycles. The van der Waals surface area contributed by atoms with E-state index < -0.39 is 0 Å². The summed E-state index contributed by atoms with van der Waals surface area (Å²) in [5.41, 5.74) is 3.18. The molecule has 4 heteroatoms. The summed E-state index contributed by atoms with van der Waals surface area (Å²) >= 11 is 9.60. The molecule has 0 radical (unpaired) electrons. The number of aryl methyl sites for hydroxylation is 1. The first-order valence-corrected chi connectivity index (χ1v) is 7.03. The Morgan fingerprint density at radius 1 is 1.28 bits per heavy atom. The van der Waals surface area contributed by atoms with Crippen LogP contribution in [0.3, 0.4) is 0 Å². The highest BCUT2D eigenvalue weighted by Gasteiger charge is 2.08. The summed E-state index contributed by atoms with van der Waals surface area (Å²) in [5, 5.41) is 0.562. The second-order valence-electron chi connectivity index (χ2n) is 4.16. The van der Waals surface area contributed by atoms with Crippen molar-refractivity contribution in [1.29, 1.82) is 0 Å². The Morgan fingerprint density at radius 2 is 2.06 bits per heavy atom. The Hall–Kier alpha value is -0.930. The number of aromatic nitrogens is 2. The fourth-order valence-electron chi connectivity index (χ4n) is 1.83. The van der Waals surface area contributed by atoms with Gasteiger partial charge in [-0.1, -0.05) is 46.6 Å². The van der Waals surface area contributed by atoms with Crippen LogP contribution in [0.1, 0.15) is 29.6 Å². The van der Waals surface area contributed by atoms with Gasteiger partial charge in [0.05, 0.1) is 0 Å². The number of hydrogen-bond donors (Lipinski definition) is 0. The third kappa shape index (κ3) is 3.09. The first kappa shape index (κ1) is 13.5. The lowest BCUT2D eigenvalue weighted by atomic mass is 10.1. The molecule has 0 fully saturated rings. The van der Waals surface area contributed by atoms with Gasteiger partial charge in [0.25, 0.3) is 0 Å². The van der Waals surface area contributed by atoms with Crippen molar-refractivity contribution in [2.24, 2.45) is 0 Å².